The first-order chi connectivity index (χ1) is 11.5. The van der Waals surface area contributed by atoms with Crippen molar-refractivity contribution in [2.45, 2.75) is 45.7 Å². The first-order valence-electron chi connectivity index (χ1n) is 8.53. The lowest BCUT2D eigenvalue weighted by Gasteiger charge is -2.31. The molecule has 1 saturated heterocycles. The lowest BCUT2D eigenvalue weighted by atomic mass is 10.1. The fourth-order valence-corrected chi connectivity index (χ4v) is 2.86. The van der Waals surface area contributed by atoms with E-state index < -0.39 is 0 Å². The number of likely N-dealkylation sites (tertiary alicyclic amines) is 1. The van der Waals surface area contributed by atoms with Gasteiger partial charge in [0.05, 0.1) is 18.8 Å². The number of carbonyl (C=O) groups excluding carboxylic acids is 1. The van der Waals surface area contributed by atoms with Crippen molar-refractivity contribution in [3.63, 3.8) is 0 Å². The molecular formula is C16H28N6O2. The average Bonchev–Trinajstić information content (AvgIpc) is 2.94. The van der Waals surface area contributed by atoms with Crippen LogP contribution >= 0.6 is 0 Å². The van der Waals surface area contributed by atoms with E-state index in [9.17, 15) is 4.79 Å². The van der Waals surface area contributed by atoms with Crippen molar-refractivity contribution >= 4 is 12.1 Å². The van der Waals surface area contributed by atoms with Crippen LogP contribution in [0.1, 0.15) is 37.9 Å². The Kier molecular flexibility index (Phi) is 6.45. The van der Waals surface area contributed by atoms with Crippen LogP contribution in [0.2, 0.25) is 0 Å². The first-order valence-corrected chi connectivity index (χ1v) is 8.53. The van der Waals surface area contributed by atoms with Gasteiger partial charge in [0, 0.05) is 37.9 Å². The quantitative estimate of drug-likeness (QED) is 0.618. The average molecular weight is 336 g/mol. The third-order valence-corrected chi connectivity index (χ3v) is 4.12. The molecule has 0 spiro atoms. The molecule has 2 heterocycles. The topological polar surface area (TPSA) is 97.8 Å². The third-order valence-electron chi connectivity index (χ3n) is 4.12. The number of aliphatic imine (C=N–C) groups is 1. The van der Waals surface area contributed by atoms with Crippen molar-refractivity contribution < 1.29 is 9.53 Å². The van der Waals surface area contributed by atoms with E-state index in [4.69, 9.17) is 10.5 Å². The van der Waals surface area contributed by atoms with Crippen molar-refractivity contribution in [2.75, 3.05) is 19.7 Å². The molecule has 134 valence electrons. The van der Waals surface area contributed by atoms with Gasteiger partial charge in [0.2, 0.25) is 0 Å². The Morgan fingerprint density at radius 2 is 2.17 bits per heavy atom. The number of aryl methyl sites for hydroxylation is 2. The zero-order valence-electron chi connectivity index (χ0n) is 14.8. The van der Waals surface area contributed by atoms with E-state index in [2.05, 4.69) is 22.3 Å². The number of rotatable bonds is 5. The van der Waals surface area contributed by atoms with Gasteiger partial charge in [0.15, 0.2) is 5.96 Å². The van der Waals surface area contributed by atoms with Crippen molar-refractivity contribution in [1.82, 2.24) is 20.0 Å². The van der Waals surface area contributed by atoms with Crippen LogP contribution in [0.15, 0.2) is 11.2 Å². The molecule has 2 rings (SSSR count). The lowest BCUT2D eigenvalue weighted by Crippen LogP contribution is -2.48. The Balaban J connectivity index is 1.80. The van der Waals surface area contributed by atoms with Gasteiger partial charge in [-0.15, -0.1) is 0 Å². The maximum absolute atomic E-state index is 11.7. The Morgan fingerprint density at radius 1 is 1.46 bits per heavy atom. The molecule has 8 heteroatoms. The summed E-state index contributed by atoms with van der Waals surface area (Å²) in [6.07, 6.45) is 4.30. The second-order valence-electron chi connectivity index (χ2n) is 5.93. The second-order valence-corrected chi connectivity index (χ2v) is 5.93. The molecule has 1 amide bonds. The summed E-state index contributed by atoms with van der Waals surface area (Å²) in [5.41, 5.74) is 8.15. The number of carbonyl (C=O) groups is 1. The Morgan fingerprint density at radius 3 is 2.79 bits per heavy atom. The molecule has 0 atom stereocenters. The van der Waals surface area contributed by atoms with Crippen LogP contribution in [0.25, 0.3) is 0 Å². The van der Waals surface area contributed by atoms with Crippen molar-refractivity contribution in [1.29, 1.82) is 0 Å². The fourth-order valence-electron chi connectivity index (χ4n) is 2.86. The maximum Gasteiger partial charge on any atom is 0.409 e. The molecule has 1 aromatic rings. The largest absolute Gasteiger partial charge is 0.450 e. The summed E-state index contributed by atoms with van der Waals surface area (Å²) in [4.78, 5) is 17.8. The molecule has 1 fully saturated rings. The number of nitrogens with two attached hydrogens (primary N) is 1. The van der Waals surface area contributed by atoms with E-state index in [0.717, 1.165) is 30.5 Å². The van der Waals surface area contributed by atoms with Crippen LogP contribution < -0.4 is 11.1 Å². The van der Waals surface area contributed by atoms with Crippen molar-refractivity contribution in [2.24, 2.45) is 17.8 Å². The standard InChI is InChI=1S/C16H28N6O2/c1-4-14-12(11-21(3)20-14)10-18-15(17)19-13-6-8-22(9-7-13)16(23)24-5-2/h11,13H,4-10H2,1-3H3,(H3,17,18,19). The predicted octanol–water partition coefficient (Wildman–Crippen LogP) is 1.01. The number of hydrogen-bond donors (Lipinski definition) is 2. The number of nitrogens with zero attached hydrogens (tertiary/aromatic N) is 4. The van der Waals surface area contributed by atoms with E-state index in [0.29, 0.717) is 32.2 Å². The molecule has 1 aliphatic heterocycles. The molecule has 0 bridgehead atoms. The van der Waals surface area contributed by atoms with Gasteiger partial charge in [-0.25, -0.2) is 9.79 Å². The van der Waals surface area contributed by atoms with E-state index >= 15 is 0 Å². The number of hydrogen-bond acceptors (Lipinski definition) is 4. The molecule has 0 radical (unpaired) electrons. The number of ether oxygens (including phenoxy) is 1. The molecule has 3 N–H and O–H groups in total. The number of piperidine rings is 1. The van der Waals surface area contributed by atoms with Gasteiger partial charge in [0.1, 0.15) is 0 Å². The Hall–Kier alpha value is -2.25. The summed E-state index contributed by atoms with van der Waals surface area (Å²) in [6.45, 7) is 6.17. The van der Waals surface area contributed by atoms with Gasteiger partial charge < -0.3 is 20.7 Å². The Bertz CT molecular complexity index is 575. The van der Waals surface area contributed by atoms with Crippen LogP contribution in [0.3, 0.4) is 0 Å². The van der Waals surface area contributed by atoms with E-state index in [-0.39, 0.29) is 12.1 Å². The molecule has 0 unspecified atom stereocenters. The minimum Gasteiger partial charge on any atom is -0.450 e. The lowest BCUT2D eigenvalue weighted by molar-refractivity contribution is 0.0963. The normalized spacial score (nSPS) is 16.3. The smallest absolute Gasteiger partial charge is 0.409 e. The zero-order valence-corrected chi connectivity index (χ0v) is 14.8. The highest BCUT2D eigenvalue weighted by Crippen LogP contribution is 2.12. The first kappa shape index (κ1) is 18.1. The molecule has 0 saturated carbocycles. The number of aromatic nitrogens is 2. The highest BCUT2D eigenvalue weighted by atomic mass is 16.6. The van der Waals surface area contributed by atoms with Gasteiger partial charge in [-0.2, -0.15) is 5.10 Å². The molecule has 8 nitrogen and oxygen atoms in total. The van der Waals surface area contributed by atoms with Crippen LogP contribution in [0, 0.1) is 0 Å². The summed E-state index contributed by atoms with van der Waals surface area (Å²) >= 11 is 0. The fraction of sp³-hybridized carbons (Fsp3) is 0.688. The predicted molar refractivity (Wildman–Crippen MR) is 92.7 cm³/mol. The molecule has 1 aliphatic rings. The molecule has 1 aromatic heterocycles. The Labute approximate surface area is 143 Å². The minimum atomic E-state index is -0.235. The number of nitrogens with one attached hydrogen (secondary N) is 1. The maximum atomic E-state index is 11.7. The van der Waals surface area contributed by atoms with Crippen molar-refractivity contribution in [3.8, 4) is 0 Å². The molecular weight excluding hydrogens is 308 g/mol. The zero-order chi connectivity index (χ0) is 17.5. The summed E-state index contributed by atoms with van der Waals surface area (Å²) in [7, 11) is 1.91. The van der Waals surface area contributed by atoms with Gasteiger partial charge in [0.25, 0.3) is 0 Å². The highest BCUT2D eigenvalue weighted by Gasteiger charge is 2.23. The monoisotopic (exact) mass is 336 g/mol. The molecule has 0 aromatic carbocycles. The summed E-state index contributed by atoms with van der Waals surface area (Å²) in [6, 6.07) is 0.235. The molecule has 0 aliphatic carbocycles. The minimum absolute atomic E-state index is 0.235. The van der Waals surface area contributed by atoms with Gasteiger partial charge in [-0.05, 0) is 26.2 Å². The van der Waals surface area contributed by atoms with Crippen molar-refractivity contribution in [3.05, 3.63) is 17.5 Å². The van der Waals surface area contributed by atoms with E-state index in [1.54, 1.807) is 9.58 Å². The molecule has 24 heavy (non-hydrogen) atoms. The van der Waals surface area contributed by atoms with Gasteiger partial charge in [-0.3, -0.25) is 4.68 Å². The van der Waals surface area contributed by atoms with Gasteiger partial charge >= 0.3 is 6.09 Å². The van der Waals surface area contributed by atoms with Gasteiger partial charge in [-0.1, -0.05) is 6.92 Å². The summed E-state index contributed by atoms with van der Waals surface area (Å²) < 4.78 is 6.82. The van der Waals surface area contributed by atoms with Crippen LogP contribution in [0.4, 0.5) is 4.79 Å². The summed E-state index contributed by atoms with van der Waals surface area (Å²) in [5.74, 6) is 0.440. The SMILES string of the molecule is CCOC(=O)N1CCC(NC(N)=NCc2cn(C)nc2CC)CC1. The van der Waals surface area contributed by atoms with E-state index in [1.807, 2.05) is 20.2 Å². The summed E-state index contributed by atoms with van der Waals surface area (Å²) in [5, 5.41) is 7.65. The van der Waals surface area contributed by atoms with Crippen LogP contribution in [-0.2, 0) is 24.8 Å². The number of amides is 1. The third kappa shape index (κ3) is 4.87. The highest BCUT2D eigenvalue weighted by molar-refractivity contribution is 5.78. The second kappa shape index (κ2) is 8.56. The number of guanidine groups is 1. The van der Waals surface area contributed by atoms with Crippen LogP contribution in [0.5, 0.6) is 0 Å². The van der Waals surface area contributed by atoms with E-state index in [1.165, 1.54) is 0 Å². The van der Waals surface area contributed by atoms with Crippen LogP contribution in [-0.4, -0.2) is 52.5 Å².